The zero-order chi connectivity index (χ0) is 23.6. The maximum Gasteiger partial charge on any atom is 0.244 e. The van der Waals surface area contributed by atoms with Gasteiger partial charge < -0.3 is 19.5 Å². The summed E-state index contributed by atoms with van der Waals surface area (Å²) in [5, 5.41) is 3.00. The van der Waals surface area contributed by atoms with Crippen LogP contribution in [0.3, 0.4) is 0 Å². The molecule has 2 rings (SSSR count). The molecule has 0 aliphatic carbocycles. The fourth-order valence-electron chi connectivity index (χ4n) is 2.62. The standard InChI is InChI=1S/C22H27ClN2O6S/c1-4-13-31-22-19(23)14-16(15-20(22)30-3)5-10-21(26)24-11-12-25-32(27,28)18-8-6-17(29-2)7-9-18/h5-10,14-15,25H,4,11-13H2,1-3H3,(H,24,26)/b10-5+. The molecule has 2 aromatic rings. The molecule has 0 atom stereocenters. The number of ether oxygens (including phenoxy) is 3. The Morgan fingerprint density at radius 3 is 2.44 bits per heavy atom. The van der Waals surface area contributed by atoms with Gasteiger partial charge in [0.1, 0.15) is 5.75 Å². The highest BCUT2D eigenvalue weighted by molar-refractivity contribution is 7.89. The van der Waals surface area contributed by atoms with Gasteiger partial charge in [-0.05, 0) is 54.5 Å². The third-order valence-electron chi connectivity index (χ3n) is 4.22. The molecule has 0 saturated carbocycles. The van der Waals surface area contributed by atoms with Crippen LogP contribution < -0.4 is 24.2 Å². The molecule has 0 saturated heterocycles. The van der Waals surface area contributed by atoms with Gasteiger partial charge in [-0.15, -0.1) is 0 Å². The van der Waals surface area contributed by atoms with Crippen molar-refractivity contribution in [3.05, 3.63) is 53.1 Å². The van der Waals surface area contributed by atoms with Gasteiger partial charge in [0.25, 0.3) is 0 Å². The molecular weight excluding hydrogens is 456 g/mol. The second-order valence-corrected chi connectivity index (χ2v) is 8.75. The minimum Gasteiger partial charge on any atom is -0.497 e. The largest absolute Gasteiger partial charge is 0.497 e. The summed E-state index contributed by atoms with van der Waals surface area (Å²) >= 11 is 6.27. The first-order valence-electron chi connectivity index (χ1n) is 9.90. The van der Waals surface area contributed by atoms with Crippen LogP contribution in [0, 0.1) is 0 Å². The Morgan fingerprint density at radius 1 is 1.09 bits per heavy atom. The molecule has 0 aliphatic heterocycles. The average molecular weight is 483 g/mol. The van der Waals surface area contributed by atoms with Gasteiger partial charge in [-0.25, -0.2) is 13.1 Å². The van der Waals surface area contributed by atoms with Crippen LogP contribution in [0.25, 0.3) is 6.08 Å². The highest BCUT2D eigenvalue weighted by atomic mass is 35.5. The van der Waals surface area contributed by atoms with Gasteiger partial charge in [-0.2, -0.15) is 0 Å². The maximum absolute atomic E-state index is 12.3. The second kappa shape index (κ2) is 12.3. The molecule has 0 bridgehead atoms. The molecule has 0 aromatic heterocycles. The summed E-state index contributed by atoms with van der Waals surface area (Å²) in [6.45, 7) is 2.65. The average Bonchev–Trinajstić information content (AvgIpc) is 2.79. The van der Waals surface area contributed by atoms with Gasteiger partial charge in [-0.3, -0.25) is 4.79 Å². The third kappa shape index (κ3) is 7.44. The van der Waals surface area contributed by atoms with E-state index < -0.39 is 10.0 Å². The number of methoxy groups -OCH3 is 2. The third-order valence-corrected chi connectivity index (χ3v) is 5.97. The zero-order valence-corrected chi connectivity index (χ0v) is 19.8. The highest BCUT2D eigenvalue weighted by Gasteiger charge is 2.13. The molecule has 1 amide bonds. The Bertz CT molecular complexity index is 1040. The number of sulfonamides is 1. The lowest BCUT2D eigenvalue weighted by Gasteiger charge is -2.12. The van der Waals surface area contributed by atoms with Gasteiger partial charge in [0, 0.05) is 19.2 Å². The van der Waals surface area contributed by atoms with E-state index in [-0.39, 0.29) is 23.9 Å². The van der Waals surface area contributed by atoms with E-state index in [1.165, 1.54) is 32.4 Å². The predicted molar refractivity (Wildman–Crippen MR) is 124 cm³/mol. The molecule has 0 unspecified atom stereocenters. The summed E-state index contributed by atoms with van der Waals surface area (Å²) < 4.78 is 42.9. The summed E-state index contributed by atoms with van der Waals surface area (Å²) in [7, 11) is -0.665. The summed E-state index contributed by atoms with van der Waals surface area (Å²) in [6, 6.07) is 9.39. The summed E-state index contributed by atoms with van der Waals surface area (Å²) in [5.74, 6) is 1.11. The lowest BCUT2D eigenvalue weighted by molar-refractivity contribution is -0.116. The van der Waals surface area contributed by atoms with Crippen LogP contribution in [0.4, 0.5) is 0 Å². The Kier molecular flexibility index (Phi) is 9.83. The molecule has 0 aliphatic rings. The van der Waals surface area contributed by atoms with Crippen molar-refractivity contribution >= 4 is 33.6 Å². The summed E-state index contributed by atoms with van der Waals surface area (Å²) in [5.41, 5.74) is 0.658. The van der Waals surface area contributed by atoms with Crippen molar-refractivity contribution in [2.24, 2.45) is 0 Å². The molecule has 0 fully saturated rings. The highest BCUT2D eigenvalue weighted by Crippen LogP contribution is 2.36. The smallest absolute Gasteiger partial charge is 0.244 e. The number of amides is 1. The molecular formula is C22H27ClN2O6S. The first-order chi connectivity index (χ1) is 15.3. The van der Waals surface area contributed by atoms with Crippen molar-refractivity contribution < 1.29 is 27.4 Å². The van der Waals surface area contributed by atoms with Crippen LogP contribution in [-0.2, 0) is 14.8 Å². The van der Waals surface area contributed by atoms with Crippen LogP contribution in [-0.4, -0.2) is 48.2 Å². The monoisotopic (exact) mass is 482 g/mol. The number of halogens is 1. The van der Waals surface area contributed by atoms with E-state index in [0.29, 0.717) is 34.4 Å². The van der Waals surface area contributed by atoms with Crippen molar-refractivity contribution in [3.8, 4) is 17.2 Å². The van der Waals surface area contributed by atoms with E-state index in [2.05, 4.69) is 10.0 Å². The molecule has 8 nitrogen and oxygen atoms in total. The van der Waals surface area contributed by atoms with E-state index in [1.54, 1.807) is 30.3 Å². The Labute approximate surface area is 193 Å². The minimum atomic E-state index is -3.68. The van der Waals surface area contributed by atoms with Crippen LogP contribution in [0.5, 0.6) is 17.2 Å². The van der Waals surface area contributed by atoms with Crippen molar-refractivity contribution in [2.45, 2.75) is 18.2 Å². The topological polar surface area (TPSA) is 103 Å². The van der Waals surface area contributed by atoms with Crippen molar-refractivity contribution in [3.63, 3.8) is 0 Å². The second-order valence-electron chi connectivity index (χ2n) is 6.58. The molecule has 0 spiro atoms. The van der Waals surface area contributed by atoms with Crippen LogP contribution >= 0.6 is 11.6 Å². The first-order valence-corrected chi connectivity index (χ1v) is 11.8. The molecule has 174 valence electrons. The zero-order valence-electron chi connectivity index (χ0n) is 18.2. The number of hydrogen-bond acceptors (Lipinski definition) is 6. The predicted octanol–water partition coefficient (Wildman–Crippen LogP) is 3.25. The number of benzene rings is 2. The fraction of sp³-hybridized carbons (Fsp3) is 0.318. The molecule has 10 heteroatoms. The Balaban J connectivity index is 1.88. The number of rotatable bonds is 12. The summed E-state index contributed by atoms with van der Waals surface area (Å²) in [6.07, 6.45) is 3.74. The first kappa shape index (κ1) is 25.5. The molecule has 0 heterocycles. The van der Waals surface area contributed by atoms with Gasteiger partial charge in [0.2, 0.25) is 15.9 Å². The van der Waals surface area contributed by atoms with Crippen LogP contribution in [0.15, 0.2) is 47.4 Å². The van der Waals surface area contributed by atoms with Gasteiger partial charge in [0.05, 0.1) is 30.7 Å². The number of carbonyl (C=O) groups excluding carboxylic acids is 1. The molecule has 2 aromatic carbocycles. The van der Waals surface area contributed by atoms with E-state index in [1.807, 2.05) is 6.92 Å². The van der Waals surface area contributed by atoms with Gasteiger partial charge in [0.15, 0.2) is 11.5 Å². The van der Waals surface area contributed by atoms with Crippen molar-refractivity contribution in [1.29, 1.82) is 0 Å². The van der Waals surface area contributed by atoms with E-state index in [4.69, 9.17) is 25.8 Å². The van der Waals surface area contributed by atoms with E-state index in [9.17, 15) is 13.2 Å². The SMILES string of the molecule is CCCOc1c(Cl)cc(/C=C/C(=O)NCCNS(=O)(=O)c2ccc(OC)cc2)cc1OC. The number of carbonyl (C=O) groups is 1. The van der Waals surface area contributed by atoms with Crippen LogP contribution in [0.1, 0.15) is 18.9 Å². The van der Waals surface area contributed by atoms with Gasteiger partial charge >= 0.3 is 0 Å². The minimum absolute atomic E-state index is 0.0387. The van der Waals surface area contributed by atoms with Crippen molar-refractivity contribution in [1.82, 2.24) is 10.0 Å². The molecule has 0 radical (unpaired) electrons. The quantitative estimate of drug-likeness (QED) is 0.355. The van der Waals surface area contributed by atoms with E-state index in [0.717, 1.165) is 6.42 Å². The van der Waals surface area contributed by atoms with E-state index >= 15 is 0 Å². The Morgan fingerprint density at radius 2 is 1.81 bits per heavy atom. The number of nitrogens with one attached hydrogen (secondary N) is 2. The molecule has 32 heavy (non-hydrogen) atoms. The number of hydrogen-bond donors (Lipinski definition) is 2. The maximum atomic E-state index is 12.3. The fourth-order valence-corrected chi connectivity index (χ4v) is 3.93. The molecule has 2 N–H and O–H groups in total. The Hall–Kier alpha value is -2.75. The van der Waals surface area contributed by atoms with Crippen LogP contribution in [0.2, 0.25) is 5.02 Å². The normalized spacial score (nSPS) is 11.4. The lowest BCUT2D eigenvalue weighted by atomic mass is 10.2. The summed E-state index contributed by atoms with van der Waals surface area (Å²) in [4.78, 5) is 12.2. The lowest BCUT2D eigenvalue weighted by Crippen LogP contribution is -2.34. The van der Waals surface area contributed by atoms with Crippen molar-refractivity contribution in [2.75, 3.05) is 33.9 Å². The van der Waals surface area contributed by atoms with Gasteiger partial charge in [-0.1, -0.05) is 18.5 Å².